The summed E-state index contributed by atoms with van der Waals surface area (Å²) in [5, 5.41) is 6.45. The van der Waals surface area contributed by atoms with Gasteiger partial charge in [-0.15, -0.1) is 0 Å². The second-order valence-corrected chi connectivity index (χ2v) is 5.61. The molecule has 0 radical (unpaired) electrons. The average Bonchev–Trinajstić information content (AvgIpc) is 2.63. The van der Waals surface area contributed by atoms with Gasteiger partial charge in [-0.25, -0.2) is 4.39 Å². The molecule has 0 unspecified atom stereocenters. The first kappa shape index (κ1) is 19.5. The number of carbonyl (C=O) groups is 1. The van der Waals surface area contributed by atoms with Crippen LogP contribution in [0.15, 0.2) is 41.6 Å². The first-order chi connectivity index (χ1) is 12.4. The van der Waals surface area contributed by atoms with Gasteiger partial charge in [0.2, 0.25) is 6.10 Å². The van der Waals surface area contributed by atoms with Gasteiger partial charge >= 0.3 is 0 Å². The molecule has 1 atom stereocenters. The lowest BCUT2D eigenvalue weighted by Gasteiger charge is -2.12. The molecule has 2 rings (SSSR count). The van der Waals surface area contributed by atoms with Crippen molar-refractivity contribution < 1.29 is 23.5 Å². The molecule has 6 nitrogen and oxygen atoms in total. The molecule has 1 amide bonds. The summed E-state index contributed by atoms with van der Waals surface area (Å²) in [6.45, 7) is 1.52. The van der Waals surface area contributed by atoms with E-state index in [1.165, 1.54) is 32.4 Å². The number of methoxy groups -OCH3 is 2. The Morgan fingerprint density at radius 3 is 2.65 bits per heavy atom. The van der Waals surface area contributed by atoms with Crippen LogP contribution >= 0.6 is 11.6 Å². The van der Waals surface area contributed by atoms with Crippen molar-refractivity contribution in [2.45, 2.75) is 13.0 Å². The number of nitrogens with one attached hydrogen (secondary N) is 1. The Balaban J connectivity index is 2.00. The van der Waals surface area contributed by atoms with Gasteiger partial charge in [-0.2, -0.15) is 0 Å². The van der Waals surface area contributed by atoms with Gasteiger partial charge < -0.3 is 19.6 Å². The van der Waals surface area contributed by atoms with Crippen LogP contribution in [0.4, 0.5) is 10.1 Å². The molecule has 0 bridgehead atoms. The molecule has 0 saturated carbocycles. The van der Waals surface area contributed by atoms with Crippen molar-refractivity contribution in [3.63, 3.8) is 0 Å². The van der Waals surface area contributed by atoms with E-state index >= 15 is 0 Å². The first-order valence-corrected chi connectivity index (χ1v) is 7.99. The quantitative estimate of drug-likeness (QED) is 0.584. The van der Waals surface area contributed by atoms with Crippen molar-refractivity contribution in [1.29, 1.82) is 0 Å². The van der Waals surface area contributed by atoms with E-state index in [0.29, 0.717) is 17.1 Å². The third kappa shape index (κ3) is 5.10. The van der Waals surface area contributed by atoms with Crippen LogP contribution in [0.5, 0.6) is 11.5 Å². The van der Waals surface area contributed by atoms with Crippen LogP contribution in [0.3, 0.4) is 0 Å². The van der Waals surface area contributed by atoms with Crippen LogP contribution in [-0.2, 0) is 9.63 Å². The Morgan fingerprint density at radius 1 is 1.23 bits per heavy atom. The average molecular weight is 381 g/mol. The summed E-state index contributed by atoms with van der Waals surface area (Å²) in [6, 6.07) is 8.87. The SMILES string of the molecule is COc1ccc(OC)c(/C=N\O[C@@H](C)C(=O)Nc2ccc(F)cc2Cl)c1. The van der Waals surface area contributed by atoms with Gasteiger partial charge in [0.15, 0.2) is 0 Å². The van der Waals surface area contributed by atoms with Crippen LogP contribution in [-0.4, -0.2) is 32.4 Å². The largest absolute Gasteiger partial charge is 0.497 e. The smallest absolute Gasteiger partial charge is 0.268 e. The maximum absolute atomic E-state index is 13.0. The highest BCUT2D eigenvalue weighted by Gasteiger charge is 2.16. The van der Waals surface area contributed by atoms with Crippen LogP contribution in [0.2, 0.25) is 5.02 Å². The van der Waals surface area contributed by atoms with E-state index in [-0.39, 0.29) is 10.7 Å². The van der Waals surface area contributed by atoms with E-state index in [9.17, 15) is 9.18 Å². The van der Waals surface area contributed by atoms with Crippen molar-refractivity contribution >= 4 is 29.4 Å². The number of hydrogen-bond acceptors (Lipinski definition) is 5. The lowest BCUT2D eigenvalue weighted by atomic mass is 10.2. The Bertz CT molecular complexity index is 814. The Morgan fingerprint density at radius 2 is 2.00 bits per heavy atom. The lowest BCUT2D eigenvalue weighted by Crippen LogP contribution is -2.26. The predicted molar refractivity (Wildman–Crippen MR) is 97.7 cm³/mol. The molecule has 0 aromatic heterocycles. The summed E-state index contributed by atoms with van der Waals surface area (Å²) in [7, 11) is 3.08. The van der Waals surface area contributed by atoms with E-state index < -0.39 is 17.8 Å². The number of benzene rings is 2. The normalized spacial score (nSPS) is 11.9. The molecular formula is C18H18ClFN2O4. The third-order valence-electron chi connectivity index (χ3n) is 3.41. The number of anilines is 1. The summed E-state index contributed by atoms with van der Waals surface area (Å²) in [5.41, 5.74) is 0.910. The number of amides is 1. The molecule has 0 fully saturated rings. The Kier molecular flexibility index (Phi) is 6.80. The van der Waals surface area contributed by atoms with E-state index in [2.05, 4.69) is 10.5 Å². The van der Waals surface area contributed by atoms with Gasteiger partial charge in [-0.05, 0) is 43.3 Å². The minimum Gasteiger partial charge on any atom is -0.497 e. The molecule has 1 N–H and O–H groups in total. The summed E-state index contributed by atoms with van der Waals surface area (Å²) in [4.78, 5) is 17.3. The highest BCUT2D eigenvalue weighted by Crippen LogP contribution is 2.23. The zero-order valence-corrected chi connectivity index (χ0v) is 15.2. The van der Waals surface area contributed by atoms with Crippen molar-refractivity contribution in [2.24, 2.45) is 5.16 Å². The molecule has 0 aliphatic carbocycles. The number of nitrogens with zero attached hydrogens (tertiary/aromatic N) is 1. The van der Waals surface area contributed by atoms with Gasteiger partial charge in [0, 0.05) is 5.56 Å². The fraction of sp³-hybridized carbons (Fsp3) is 0.222. The second-order valence-electron chi connectivity index (χ2n) is 5.20. The number of hydrogen-bond donors (Lipinski definition) is 1. The fourth-order valence-electron chi connectivity index (χ4n) is 1.99. The number of ether oxygens (including phenoxy) is 2. The van der Waals surface area contributed by atoms with Crippen LogP contribution in [0, 0.1) is 5.82 Å². The maximum atomic E-state index is 13.0. The molecule has 0 aliphatic heterocycles. The standard InChI is InChI=1S/C18H18ClFN2O4/c1-11(18(23)22-16-6-4-13(20)9-15(16)19)26-21-10-12-8-14(24-2)5-7-17(12)25-3/h4-11H,1-3H3,(H,22,23)/b21-10-/t11-/m0/s1. The van der Waals surface area contributed by atoms with E-state index in [1.54, 1.807) is 25.3 Å². The van der Waals surface area contributed by atoms with Crippen molar-refractivity contribution in [3.05, 3.63) is 52.8 Å². The third-order valence-corrected chi connectivity index (χ3v) is 3.72. The highest BCUT2D eigenvalue weighted by atomic mass is 35.5. The lowest BCUT2D eigenvalue weighted by molar-refractivity contribution is -0.126. The van der Waals surface area contributed by atoms with Gasteiger partial charge in [0.05, 0.1) is 31.1 Å². The molecule has 0 heterocycles. The molecule has 0 saturated heterocycles. The van der Waals surface area contributed by atoms with Gasteiger partial charge in [-0.3, -0.25) is 4.79 Å². The zero-order chi connectivity index (χ0) is 19.1. The molecule has 138 valence electrons. The summed E-state index contributed by atoms with van der Waals surface area (Å²) in [5.74, 6) is 0.236. The van der Waals surface area contributed by atoms with Crippen molar-refractivity contribution in [1.82, 2.24) is 0 Å². The minimum atomic E-state index is -0.899. The monoisotopic (exact) mass is 380 g/mol. The van der Waals surface area contributed by atoms with Crippen molar-refractivity contribution in [3.8, 4) is 11.5 Å². The molecule has 2 aromatic carbocycles. The highest BCUT2D eigenvalue weighted by molar-refractivity contribution is 6.33. The topological polar surface area (TPSA) is 69.1 Å². The second kappa shape index (κ2) is 9.05. The molecule has 0 aliphatic rings. The molecular weight excluding hydrogens is 363 g/mol. The molecule has 8 heteroatoms. The summed E-state index contributed by atoms with van der Waals surface area (Å²) in [6.07, 6.45) is 0.514. The number of oxime groups is 1. The van der Waals surface area contributed by atoms with Gasteiger partial charge in [0.1, 0.15) is 17.3 Å². The van der Waals surface area contributed by atoms with E-state index in [4.69, 9.17) is 25.9 Å². The van der Waals surface area contributed by atoms with Crippen LogP contribution in [0.25, 0.3) is 0 Å². The summed E-state index contributed by atoms with van der Waals surface area (Å²) >= 11 is 5.87. The molecule has 26 heavy (non-hydrogen) atoms. The molecule has 2 aromatic rings. The maximum Gasteiger partial charge on any atom is 0.268 e. The molecule has 0 spiro atoms. The van der Waals surface area contributed by atoms with E-state index in [0.717, 1.165) is 6.07 Å². The summed E-state index contributed by atoms with van der Waals surface area (Å²) < 4.78 is 23.4. The number of carbonyl (C=O) groups excluding carboxylic acids is 1. The number of rotatable bonds is 7. The zero-order valence-electron chi connectivity index (χ0n) is 14.5. The fourth-order valence-corrected chi connectivity index (χ4v) is 2.21. The van der Waals surface area contributed by atoms with Crippen LogP contribution in [0.1, 0.15) is 12.5 Å². The van der Waals surface area contributed by atoms with Gasteiger partial charge in [-0.1, -0.05) is 16.8 Å². The van der Waals surface area contributed by atoms with Crippen LogP contribution < -0.4 is 14.8 Å². The van der Waals surface area contributed by atoms with E-state index in [1.807, 2.05) is 0 Å². The minimum absolute atomic E-state index is 0.0927. The Hall–Kier alpha value is -2.80. The predicted octanol–water partition coefficient (Wildman–Crippen LogP) is 3.87. The number of halogens is 2. The van der Waals surface area contributed by atoms with Gasteiger partial charge in [0.25, 0.3) is 5.91 Å². The van der Waals surface area contributed by atoms with Crippen molar-refractivity contribution in [2.75, 3.05) is 19.5 Å². The first-order valence-electron chi connectivity index (χ1n) is 7.61. The Labute approximate surface area is 155 Å².